The Labute approximate surface area is 117 Å². The number of methoxy groups -OCH3 is 1. The average molecular weight is 274 g/mol. The molecule has 0 aromatic heterocycles. The van der Waals surface area contributed by atoms with Crippen LogP contribution in [-0.4, -0.2) is 51.5 Å². The van der Waals surface area contributed by atoms with E-state index in [1.54, 1.807) is 7.11 Å². The first kappa shape index (κ1) is 18.4. The van der Waals surface area contributed by atoms with Crippen molar-refractivity contribution in [3.8, 4) is 0 Å². The third-order valence-electron chi connectivity index (χ3n) is 2.97. The minimum Gasteiger partial charge on any atom is -0.382 e. The molecule has 0 aliphatic rings. The highest BCUT2D eigenvalue weighted by Gasteiger charge is 2.16. The molecule has 0 fully saturated rings. The average Bonchev–Trinajstić information content (AvgIpc) is 2.36. The van der Waals surface area contributed by atoms with Crippen LogP contribution in [0.4, 0.5) is 0 Å². The second-order valence-corrected chi connectivity index (χ2v) is 5.27. The van der Waals surface area contributed by atoms with Gasteiger partial charge in [-0.05, 0) is 39.7 Å². The molecule has 0 aromatic carbocycles. The van der Waals surface area contributed by atoms with Crippen molar-refractivity contribution in [3.63, 3.8) is 0 Å². The minimum atomic E-state index is -0.117. The SMILES string of the molecule is CCC(C)(C)NC(=O)CNCCCCOCCOC. The summed E-state index contributed by atoms with van der Waals surface area (Å²) in [6, 6.07) is 0. The van der Waals surface area contributed by atoms with Gasteiger partial charge in [-0.25, -0.2) is 0 Å². The van der Waals surface area contributed by atoms with E-state index in [-0.39, 0.29) is 11.4 Å². The van der Waals surface area contributed by atoms with Crippen molar-refractivity contribution in [2.24, 2.45) is 0 Å². The van der Waals surface area contributed by atoms with Crippen molar-refractivity contribution >= 4 is 5.91 Å². The quantitative estimate of drug-likeness (QED) is 0.527. The molecule has 114 valence electrons. The highest BCUT2D eigenvalue weighted by atomic mass is 16.5. The van der Waals surface area contributed by atoms with Gasteiger partial charge in [0.2, 0.25) is 5.91 Å². The zero-order chi connectivity index (χ0) is 14.6. The summed E-state index contributed by atoms with van der Waals surface area (Å²) in [5, 5.41) is 6.13. The van der Waals surface area contributed by atoms with E-state index in [1.807, 2.05) is 13.8 Å². The highest BCUT2D eigenvalue weighted by molar-refractivity contribution is 5.78. The number of amides is 1. The molecule has 0 unspecified atom stereocenters. The number of ether oxygens (including phenoxy) is 2. The van der Waals surface area contributed by atoms with Gasteiger partial charge in [-0.1, -0.05) is 6.92 Å². The Bertz CT molecular complexity index is 233. The number of hydrogen-bond acceptors (Lipinski definition) is 4. The molecule has 0 radical (unpaired) electrons. The molecule has 0 aliphatic heterocycles. The van der Waals surface area contributed by atoms with Crippen LogP contribution in [-0.2, 0) is 14.3 Å². The van der Waals surface area contributed by atoms with Crippen LogP contribution in [0.2, 0.25) is 0 Å². The second-order valence-electron chi connectivity index (χ2n) is 5.27. The standard InChI is InChI=1S/C14H30N2O3/c1-5-14(2,3)16-13(17)12-15-8-6-7-9-19-11-10-18-4/h15H,5-12H2,1-4H3,(H,16,17). The summed E-state index contributed by atoms with van der Waals surface area (Å²) in [7, 11) is 1.66. The molecule has 5 heteroatoms. The lowest BCUT2D eigenvalue weighted by Crippen LogP contribution is -2.46. The van der Waals surface area contributed by atoms with Crippen molar-refractivity contribution in [1.29, 1.82) is 0 Å². The number of rotatable bonds is 12. The number of hydrogen-bond donors (Lipinski definition) is 2. The van der Waals surface area contributed by atoms with Gasteiger partial charge in [0.25, 0.3) is 0 Å². The van der Waals surface area contributed by atoms with Crippen molar-refractivity contribution in [2.75, 3.05) is 40.0 Å². The first-order chi connectivity index (χ1) is 9.02. The van der Waals surface area contributed by atoms with E-state index in [2.05, 4.69) is 17.6 Å². The number of carbonyl (C=O) groups is 1. The molecule has 5 nitrogen and oxygen atoms in total. The second kappa shape index (κ2) is 11.2. The van der Waals surface area contributed by atoms with Crippen LogP contribution in [0.15, 0.2) is 0 Å². The lowest BCUT2D eigenvalue weighted by molar-refractivity contribution is -0.121. The van der Waals surface area contributed by atoms with Gasteiger partial charge in [0.05, 0.1) is 19.8 Å². The maximum atomic E-state index is 11.6. The predicted octanol–water partition coefficient (Wildman–Crippen LogP) is 1.32. The highest BCUT2D eigenvalue weighted by Crippen LogP contribution is 2.05. The molecule has 0 atom stereocenters. The first-order valence-corrected chi connectivity index (χ1v) is 7.10. The van der Waals surface area contributed by atoms with Gasteiger partial charge in [0.15, 0.2) is 0 Å². The largest absolute Gasteiger partial charge is 0.382 e. The molecular formula is C14H30N2O3. The van der Waals surface area contributed by atoms with Crippen molar-refractivity contribution in [3.05, 3.63) is 0 Å². The summed E-state index contributed by atoms with van der Waals surface area (Å²) in [6.07, 6.45) is 2.94. The van der Waals surface area contributed by atoms with Crippen LogP contribution in [0, 0.1) is 0 Å². The van der Waals surface area contributed by atoms with Gasteiger partial charge in [0, 0.05) is 19.3 Å². The topological polar surface area (TPSA) is 59.6 Å². The Morgan fingerprint density at radius 2 is 1.89 bits per heavy atom. The molecule has 0 aliphatic carbocycles. The van der Waals surface area contributed by atoms with Crippen LogP contribution in [0.5, 0.6) is 0 Å². The summed E-state index contributed by atoms with van der Waals surface area (Å²) in [4.78, 5) is 11.6. The van der Waals surface area contributed by atoms with Crippen molar-refractivity contribution < 1.29 is 14.3 Å². The summed E-state index contributed by atoms with van der Waals surface area (Å²) < 4.78 is 10.2. The zero-order valence-electron chi connectivity index (χ0n) is 12.9. The van der Waals surface area contributed by atoms with Crippen LogP contribution < -0.4 is 10.6 Å². The molecule has 19 heavy (non-hydrogen) atoms. The normalized spacial score (nSPS) is 11.6. The molecule has 1 amide bonds. The Morgan fingerprint density at radius 1 is 1.16 bits per heavy atom. The summed E-state index contributed by atoms with van der Waals surface area (Å²) in [5.41, 5.74) is -0.117. The third-order valence-corrected chi connectivity index (χ3v) is 2.97. The summed E-state index contributed by atoms with van der Waals surface area (Å²) in [5.74, 6) is 0.0585. The Balaban J connectivity index is 3.32. The van der Waals surface area contributed by atoms with Gasteiger partial charge in [-0.2, -0.15) is 0 Å². The maximum Gasteiger partial charge on any atom is 0.234 e. The molecule has 2 N–H and O–H groups in total. The molecule has 0 bridgehead atoms. The molecule has 0 aromatic rings. The van der Waals surface area contributed by atoms with Crippen LogP contribution >= 0.6 is 0 Å². The Kier molecular flexibility index (Phi) is 10.8. The van der Waals surface area contributed by atoms with Crippen LogP contribution in [0.25, 0.3) is 0 Å². The molecular weight excluding hydrogens is 244 g/mol. The van der Waals surface area contributed by atoms with E-state index in [9.17, 15) is 4.79 Å². The van der Waals surface area contributed by atoms with Gasteiger partial charge in [0.1, 0.15) is 0 Å². The maximum absolute atomic E-state index is 11.6. The zero-order valence-corrected chi connectivity index (χ0v) is 12.9. The Morgan fingerprint density at radius 3 is 2.53 bits per heavy atom. The van der Waals surface area contributed by atoms with Gasteiger partial charge >= 0.3 is 0 Å². The van der Waals surface area contributed by atoms with Gasteiger partial charge in [-0.3, -0.25) is 4.79 Å². The van der Waals surface area contributed by atoms with E-state index in [0.717, 1.165) is 32.4 Å². The van der Waals surface area contributed by atoms with E-state index < -0.39 is 0 Å². The molecule has 0 saturated carbocycles. The van der Waals surface area contributed by atoms with E-state index >= 15 is 0 Å². The fraction of sp³-hybridized carbons (Fsp3) is 0.929. The molecule has 0 saturated heterocycles. The van der Waals surface area contributed by atoms with Crippen LogP contribution in [0.3, 0.4) is 0 Å². The number of unbranched alkanes of at least 4 members (excludes halogenated alkanes) is 1. The fourth-order valence-corrected chi connectivity index (χ4v) is 1.41. The van der Waals surface area contributed by atoms with E-state index in [4.69, 9.17) is 9.47 Å². The van der Waals surface area contributed by atoms with Crippen molar-refractivity contribution in [2.45, 2.75) is 45.6 Å². The van der Waals surface area contributed by atoms with E-state index in [0.29, 0.717) is 19.8 Å². The lowest BCUT2D eigenvalue weighted by atomic mass is 10.0. The number of carbonyl (C=O) groups excluding carboxylic acids is 1. The number of nitrogens with one attached hydrogen (secondary N) is 2. The summed E-state index contributed by atoms with van der Waals surface area (Å²) >= 11 is 0. The summed E-state index contributed by atoms with van der Waals surface area (Å²) in [6.45, 7) is 9.40. The van der Waals surface area contributed by atoms with Crippen LogP contribution in [0.1, 0.15) is 40.0 Å². The van der Waals surface area contributed by atoms with Gasteiger partial charge < -0.3 is 20.1 Å². The fourth-order valence-electron chi connectivity index (χ4n) is 1.41. The molecule has 0 spiro atoms. The Hall–Kier alpha value is -0.650. The minimum absolute atomic E-state index is 0.0585. The molecule has 0 heterocycles. The van der Waals surface area contributed by atoms with Gasteiger partial charge in [-0.15, -0.1) is 0 Å². The third kappa shape index (κ3) is 12.1. The van der Waals surface area contributed by atoms with Crippen molar-refractivity contribution in [1.82, 2.24) is 10.6 Å². The first-order valence-electron chi connectivity index (χ1n) is 7.10. The predicted molar refractivity (Wildman–Crippen MR) is 77.3 cm³/mol. The molecule has 0 rings (SSSR count). The lowest BCUT2D eigenvalue weighted by Gasteiger charge is -2.24. The van der Waals surface area contributed by atoms with E-state index in [1.165, 1.54) is 0 Å². The smallest absolute Gasteiger partial charge is 0.234 e. The monoisotopic (exact) mass is 274 g/mol.